The monoisotopic (exact) mass is 876 g/mol. The predicted molar refractivity (Wildman–Crippen MR) is 269 cm³/mol. The molecule has 0 radical (unpaired) electrons. The van der Waals surface area contributed by atoms with Gasteiger partial charge in [0.2, 0.25) is 5.91 Å². The van der Waals surface area contributed by atoms with E-state index in [2.05, 4.69) is 31.3 Å². The number of rotatable bonds is 52. The lowest BCUT2D eigenvalue weighted by Crippen LogP contribution is -2.45. The lowest BCUT2D eigenvalue weighted by molar-refractivity contribution is -0.143. The first-order chi connectivity index (χ1) is 30.5. The molecular weight excluding hydrogens is 767 g/mol. The molecule has 62 heavy (non-hydrogen) atoms. The molecule has 0 heterocycles. The highest BCUT2D eigenvalue weighted by molar-refractivity contribution is 5.76. The van der Waals surface area contributed by atoms with E-state index >= 15 is 0 Å². The number of unbranched alkanes of at least 4 members (excludes halogenated alkanes) is 39. The van der Waals surface area contributed by atoms with Crippen LogP contribution in [0.5, 0.6) is 0 Å². The first-order valence-electron chi connectivity index (χ1n) is 27.9. The molecule has 0 saturated heterocycles. The SMILES string of the molecule is CCCCCCCCC/C=C\CCCCCCCCCC(=O)OCCCCCCCCCCCCCCCCCCCC(=O)NC(CO)C(O)CCCCCCCCCCCC. The van der Waals surface area contributed by atoms with Crippen molar-refractivity contribution in [3.8, 4) is 0 Å². The summed E-state index contributed by atoms with van der Waals surface area (Å²) in [4.78, 5) is 24.5. The second-order valence-electron chi connectivity index (χ2n) is 19.3. The van der Waals surface area contributed by atoms with Gasteiger partial charge >= 0.3 is 5.97 Å². The number of aliphatic hydroxyl groups is 2. The van der Waals surface area contributed by atoms with Gasteiger partial charge in [0.05, 0.1) is 25.4 Å². The highest BCUT2D eigenvalue weighted by Gasteiger charge is 2.20. The average molecular weight is 876 g/mol. The molecule has 2 unspecified atom stereocenters. The molecule has 3 N–H and O–H groups in total. The van der Waals surface area contributed by atoms with E-state index in [-0.39, 0.29) is 18.5 Å². The molecule has 6 heteroatoms. The van der Waals surface area contributed by atoms with Gasteiger partial charge < -0.3 is 20.3 Å². The Hall–Kier alpha value is -1.40. The standard InChI is InChI=1S/C56H109NO5/c1-3-5-7-9-11-13-15-16-17-18-21-24-27-30-34-38-42-46-50-56(61)62-51-47-43-39-35-31-28-25-22-19-20-23-26-29-33-37-41-45-49-55(60)57-53(52-58)54(59)48-44-40-36-32-14-12-10-8-6-4-2/h17-18,53-54,58-59H,3-16,19-52H2,1-2H3,(H,57,60)/b18-17-. The van der Waals surface area contributed by atoms with Crippen molar-refractivity contribution in [2.45, 2.75) is 321 Å². The predicted octanol–water partition coefficient (Wildman–Crippen LogP) is 16.9. The molecule has 0 fully saturated rings. The molecule has 0 aliphatic heterocycles. The first-order valence-corrected chi connectivity index (χ1v) is 27.9. The Balaban J connectivity index is 3.37. The molecule has 2 atom stereocenters. The lowest BCUT2D eigenvalue weighted by atomic mass is 10.0. The Labute approximate surface area is 387 Å². The van der Waals surface area contributed by atoms with Crippen LogP contribution in [0.2, 0.25) is 0 Å². The number of esters is 1. The molecule has 0 aromatic carbocycles. The topological polar surface area (TPSA) is 95.9 Å². The van der Waals surface area contributed by atoms with E-state index in [1.165, 1.54) is 231 Å². The molecular formula is C56H109NO5. The van der Waals surface area contributed by atoms with Crippen LogP contribution in [-0.2, 0) is 14.3 Å². The number of hydrogen-bond donors (Lipinski definition) is 3. The van der Waals surface area contributed by atoms with Crippen molar-refractivity contribution in [3.63, 3.8) is 0 Å². The van der Waals surface area contributed by atoms with Gasteiger partial charge in [-0.1, -0.05) is 257 Å². The van der Waals surface area contributed by atoms with Crippen LogP contribution in [0.4, 0.5) is 0 Å². The third-order valence-corrected chi connectivity index (χ3v) is 13.1. The van der Waals surface area contributed by atoms with Crippen LogP contribution >= 0.6 is 0 Å². The molecule has 368 valence electrons. The number of hydrogen-bond acceptors (Lipinski definition) is 5. The third-order valence-electron chi connectivity index (χ3n) is 13.1. The van der Waals surface area contributed by atoms with Crippen molar-refractivity contribution < 1.29 is 24.5 Å². The van der Waals surface area contributed by atoms with Crippen molar-refractivity contribution in [2.75, 3.05) is 13.2 Å². The van der Waals surface area contributed by atoms with Crippen LogP contribution in [-0.4, -0.2) is 47.4 Å². The van der Waals surface area contributed by atoms with E-state index in [0.717, 1.165) is 44.9 Å². The highest BCUT2D eigenvalue weighted by atomic mass is 16.5. The zero-order chi connectivity index (χ0) is 45.1. The largest absolute Gasteiger partial charge is 0.466 e. The van der Waals surface area contributed by atoms with Crippen LogP contribution in [0.1, 0.15) is 309 Å². The fourth-order valence-corrected chi connectivity index (χ4v) is 8.75. The van der Waals surface area contributed by atoms with Crippen LogP contribution in [0, 0.1) is 0 Å². The maximum absolute atomic E-state index is 12.4. The minimum Gasteiger partial charge on any atom is -0.466 e. The number of amides is 1. The number of carbonyl (C=O) groups excluding carboxylic acids is 2. The second kappa shape index (κ2) is 52.2. The van der Waals surface area contributed by atoms with Crippen LogP contribution < -0.4 is 5.32 Å². The normalized spacial score (nSPS) is 12.6. The maximum atomic E-state index is 12.4. The summed E-state index contributed by atoms with van der Waals surface area (Å²) in [5, 5.41) is 23.1. The van der Waals surface area contributed by atoms with E-state index in [0.29, 0.717) is 25.9 Å². The quantitative estimate of drug-likeness (QED) is 0.0321. The van der Waals surface area contributed by atoms with Crippen molar-refractivity contribution in [1.82, 2.24) is 5.32 Å². The van der Waals surface area contributed by atoms with Gasteiger partial charge in [0.1, 0.15) is 0 Å². The van der Waals surface area contributed by atoms with E-state index < -0.39 is 12.1 Å². The second-order valence-corrected chi connectivity index (χ2v) is 19.3. The number of ether oxygens (including phenoxy) is 1. The van der Waals surface area contributed by atoms with Gasteiger partial charge in [-0.05, 0) is 51.4 Å². The highest BCUT2D eigenvalue weighted by Crippen LogP contribution is 2.17. The van der Waals surface area contributed by atoms with Gasteiger partial charge in [-0.15, -0.1) is 0 Å². The zero-order valence-electron chi connectivity index (χ0n) is 41.9. The summed E-state index contributed by atoms with van der Waals surface area (Å²) in [5.74, 6) is -0.0385. The molecule has 1 amide bonds. The molecule has 0 rings (SSSR count). The van der Waals surface area contributed by atoms with Crippen LogP contribution in [0.3, 0.4) is 0 Å². The van der Waals surface area contributed by atoms with E-state index in [9.17, 15) is 19.8 Å². The summed E-state index contributed by atoms with van der Waals surface area (Å²) < 4.78 is 5.48. The molecule has 0 aromatic heterocycles. The van der Waals surface area contributed by atoms with Crippen LogP contribution in [0.25, 0.3) is 0 Å². The fraction of sp³-hybridized carbons (Fsp3) is 0.929. The lowest BCUT2D eigenvalue weighted by Gasteiger charge is -2.22. The Bertz CT molecular complexity index is 924. The summed E-state index contributed by atoms with van der Waals surface area (Å²) in [7, 11) is 0. The molecule has 0 bridgehead atoms. The van der Waals surface area contributed by atoms with Crippen molar-refractivity contribution in [2.24, 2.45) is 0 Å². The Kier molecular flexibility index (Phi) is 51.0. The van der Waals surface area contributed by atoms with Gasteiger partial charge in [-0.2, -0.15) is 0 Å². The summed E-state index contributed by atoms with van der Waals surface area (Å²) in [6.07, 6.45) is 60.6. The Morgan fingerprint density at radius 1 is 0.435 bits per heavy atom. The van der Waals surface area contributed by atoms with Gasteiger partial charge in [0.15, 0.2) is 0 Å². The average Bonchev–Trinajstić information content (AvgIpc) is 3.27. The van der Waals surface area contributed by atoms with Gasteiger partial charge in [0.25, 0.3) is 0 Å². The van der Waals surface area contributed by atoms with Crippen molar-refractivity contribution in [1.29, 1.82) is 0 Å². The molecule has 0 aromatic rings. The first kappa shape index (κ1) is 60.6. The summed E-state index contributed by atoms with van der Waals surface area (Å²) in [6, 6.07) is -0.543. The van der Waals surface area contributed by atoms with Gasteiger partial charge in [0, 0.05) is 12.8 Å². The van der Waals surface area contributed by atoms with Crippen molar-refractivity contribution >= 4 is 11.9 Å². The van der Waals surface area contributed by atoms with E-state index in [1.807, 2.05) is 0 Å². The molecule has 0 spiro atoms. The smallest absolute Gasteiger partial charge is 0.305 e. The minimum absolute atomic E-state index is 0.00270. The maximum Gasteiger partial charge on any atom is 0.305 e. The number of allylic oxidation sites excluding steroid dienone is 2. The summed E-state index contributed by atoms with van der Waals surface area (Å²) in [6.45, 7) is 4.93. The number of nitrogens with one attached hydrogen (secondary N) is 1. The summed E-state index contributed by atoms with van der Waals surface area (Å²) >= 11 is 0. The number of aliphatic hydroxyl groups excluding tert-OH is 2. The third kappa shape index (κ3) is 48.1. The number of carbonyl (C=O) groups is 2. The van der Waals surface area contributed by atoms with Crippen molar-refractivity contribution in [3.05, 3.63) is 12.2 Å². The zero-order valence-corrected chi connectivity index (χ0v) is 41.9. The van der Waals surface area contributed by atoms with Crippen LogP contribution in [0.15, 0.2) is 12.2 Å². The molecule has 0 aliphatic rings. The summed E-state index contributed by atoms with van der Waals surface area (Å²) in [5.41, 5.74) is 0. The minimum atomic E-state index is -0.665. The van der Waals surface area contributed by atoms with E-state index in [1.54, 1.807) is 0 Å². The molecule has 0 saturated carbocycles. The Morgan fingerprint density at radius 3 is 1.15 bits per heavy atom. The molecule has 0 aliphatic carbocycles. The fourth-order valence-electron chi connectivity index (χ4n) is 8.75. The molecule has 6 nitrogen and oxygen atoms in total. The van der Waals surface area contributed by atoms with Gasteiger partial charge in [-0.25, -0.2) is 0 Å². The van der Waals surface area contributed by atoms with Gasteiger partial charge in [-0.3, -0.25) is 9.59 Å². The van der Waals surface area contributed by atoms with E-state index in [4.69, 9.17) is 4.74 Å². The Morgan fingerprint density at radius 2 is 0.758 bits per heavy atom.